The summed E-state index contributed by atoms with van der Waals surface area (Å²) in [6.07, 6.45) is 4.77. The van der Waals surface area contributed by atoms with Gasteiger partial charge >= 0.3 is 0 Å². The molecular weight excluding hydrogens is 310 g/mol. The predicted octanol–water partition coefficient (Wildman–Crippen LogP) is 5.40. The van der Waals surface area contributed by atoms with Gasteiger partial charge in [0.05, 0.1) is 6.61 Å². The molecule has 0 atom stereocenters. The molecule has 0 aromatic heterocycles. The van der Waals surface area contributed by atoms with Gasteiger partial charge < -0.3 is 9.47 Å². The minimum atomic E-state index is -0.392. The van der Waals surface area contributed by atoms with Crippen LogP contribution in [0.15, 0.2) is 24.3 Å². The number of halogens is 2. The van der Waals surface area contributed by atoms with E-state index in [0.29, 0.717) is 34.8 Å². The second-order valence-corrected chi connectivity index (χ2v) is 6.73. The lowest BCUT2D eigenvalue weighted by Crippen LogP contribution is -2.13. The normalized spacial score (nSPS) is 16.5. The van der Waals surface area contributed by atoms with Crippen LogP contribution >= 0.6 is 0 Å². The maximum absolute atomic E-state index is 14.8. The van der Waals surface area contributed by atoms with Gasteiger partial charge in [-0.05, 0) is 48.9 Å². The number of rotatable bonds is 3. The Kier molecular flexibility index (Phi) is 3.91. The van der Waals surface area contributed by atoms with Crippen molar-refractivity contribution in [3.05, 3.63) is 47.0 Å². The van der Waals surface area contributed by atoms with Gasteiger partial charge in [-0.1, -0.05) is 25.0 Å². The minimum absolute atomic E-state index is 0.0230. The third kappa shape index (κ3) is 2.54. The van der Waals surface area contributed by atoms with Crippen molar-refractivity contribution >= 4 is 0 Å². The Morgan fingerprint density at radius 2 is 1.79 bits per heavy atom. The van der Waals surface area contributed by atoms with Crippen molar-refractivity contribution in [1.29, 1.82) is 0 Å². The maximum Gasteiger partial charge on any atom is 0.172 e. The lowest BCUT2D eigenvalue weighted by Gasteiger charge is -2.23. The molecule has 0 amide bonds. The summed E-state index contributed by atoms with van der Waals surface area (Å²) in [4.78, 5) is 0. The third-order valence-corrected chi connectivity index (χ3v) is 5.10. The van der Waals surface area contributed by atoms with E-state index in [1.807, 2.05) is 0 Å². The number of ether oxygens (including phenoxy) is 2. The van der Waals surface area contributed by atoms with Gasteiger partial charge in [0.25, 0.3) is 0 Å². The van der Waals surface area contributed by atoms with E-state index in [1.54, 1.807) is 31.2 Å². The van der Waals surface area contributed by atoms with E-state index < -0.39 is 5.82 Å². The van der Waals surface area contributed by atoms with E-state index in [1.165, 1.54) is 12.8 Å². The van der Waals surface area contributed by atoms with Crippen molar-refractivity contribution in [1.82, 2.24) is 0 Å². The average molecular weight is 330 g/mol. The zero-order valence-corrected chi connectivity index (χ0v) is 13.7. The SMILES string of the molecule is Cc1ccc2c(c1F)OCc1c-2ccc(OCC2CCCC2)c1F. The molecule has 24 heavy (non-hydrogen) atoms. The molecule has 2 aromatic rings. The molecule has 0 N–H and O–H groups in total. The monoisotopic (exact) mass is 330 g/mol. The summed E-state index contributed by atoms with van der Waals surface area (Å²) in [6, 6.07) is 6.92. The van der Waals surface area contributed by atoms with Crippen LogP contribution in [-0.2, 0) is 6.61 Å². The van der Waals surface area contributed by atoms with E-state index >= 15 is 0 Å². The smallest absolute Gasteiger partial charge is 0.172 e. The molecule has 0 spiro atoms. The summed E-state index contributed by atoms with van der Waals surface area (Å²) in [7, 11) is 0. The lowest BCUT2D eigenvalue weighted by molar-refractivity contribution is 0.237. The molecule has 2 aliphatic rings. The van der Waals surface area contributed by atoms with Gasteiger partial charge in [-0.2, -0.15) is 0 Å². The largest absolute Gasteiger partial charge is 0.490 e. The zero-order valence-electron chi connectivity index (χ0n) is 13.7. The minimum Gasteiger partial charge on any atom is -0.490 e. The highest BCUT2D eigenvalue weighted by Crippen LogP contribution is 2.42. The molecule has 1 aliphatic carbocycles. The fourth-order valence-electron chi connectivity index (χ4n) is 3.64. The van der Waals surface area contributed by atoms with Crippen LogP contribution in [0.4, 0.5) is 8.78 Å². The van der Waals surface area contributed by atoms with Crippen LogP contribution < -0.4 is 9.47 Å². The van der Waals surface area contributed by atoms with Gasteiger partial charge in [0.2, 0.25) is 0 Å². The first kappa shape index (κ1) is 15.4. The molecule has 0 radical (unpaired) electrons. The Bertz CT molecular complexity index is 780. The third-order valence-electron chi connectivity index (χ3n) is 5.10. The first-order chi connectivity index (χ1) is 11.6. The van der Waals surface area contributed by atoms with Crippen LogP contribution in [-0.4, -0.2) is 6.61 Å². The molecule has 126 valence electrons. The number of hydrogen-bond acceptors (Lipinski definition) is 2. The van der Waals surface area contributed by atoms with Crippen LogP contribution in [0.2, 0.25) is 0 Å². The first-order valence-electron chi connectivity index (χ1n) is 8.51. The van der Waals surface area contributed by atoms with E-state index in [9.17, 15) is 8.78 Å². The van der Waals surface area contributed by atoms with Crippen molar-refractivity contribution < 1.29 is 18.3 Å². The van der Waals surface area contributed by atoms with Gasteiger partial charge in [0.15, 0.2) is 23.1 Å². The Labute approximate surface area is 140 Å². The second-order valence-electron chi connectivity index (χ2n) is 6.73. The average Bonchev–Trinajstić information content (AvgIpc) is 3.11. The van der Waals surface area contributed by atoms with Crippen LogP contribution in [0, 0.1) is 24.5 Å². The Morgan fingerprint density at radius 1 is 1.04 bits per heavy atom. The fourth-order valence-corrected chi connectivity index (χ4v) is 3.64. The zero-order chi connectivity index (χ0) is 16.7. The van der Waals surface area contributed by atoms with Crippen molar-refractivity contribution in [3.63, 3.8) is 0 Å². The van der Waals surface area contributed by atoms with Gasteiger partial charge in [-0.25, -0.2) is 8.78 Å². The standard InChI is InChI=1S/C20H20F2O2/c1-12-6-7-15-14-8-9-17(23-10-13-4-2-3-5-13)19(22)16(14)11-24-20(15)18(12)21/h6-9,13H,2-5,10-11H2,1H3. The molecule has 0 bridgehead atoms. The Hall–Kier alpha value is -2.10. The van der Waals surface area contributed by atoms with E-state index in [2.05, 4.69) is 0 Å². The summed E-state index contributed by atoms with van der Waals surface area (Å²) in [5.41, 5.74) is 2.24. The van der Waals surface area contributed by atoms with Gasteiger partial charge in [0.1, 0.15) is 6.61 Å². The van der Waals surface area contributed by atoms with E-state index in [0.717, 1.165) is 12.8 Å². The molecule has 2 aromatic carbocycles. The molecule has 4 heteroatoms. The Morgan fingerprint density at radius 3 is 2.58 bits per heavy atom. The van der Waals surface area contributed by atoms with Crippen LogP contribution in [0.3, 0.4) is 0 Å². The summed E-state index contributed by atoms with van der Waals surface area (Å²) in [5.74, 6) is 0.230. The second kappa shape index (κ2) is 6.08. The summed E-state index contributed by atoms with van der Waals surface area (Å²) < 4.78 is 40.2. The number of fused-ring (bicyclic) bond motifs is 3. The molecule has 0 saturated heterocycles. The van der Waals surface area contributed by atoms with Crippen LogP contribution in [0.25, 0.3) is 11.1 Å². The van der Waals surface area contributed by atoms with Crippen LogP contribution in [0.5, 0.6) is 11.5 Å². The number of hydrogen-bond donors (Lipinski definition) is 0. The topological polar surface area (TPSA) is 18.5 Å². The highest BCUT2D eigenvalue weighted by molar-refractivity contribution is 5.76. The molecule has 1 heterocycles. The highest BCUT2D eigenvalue weighted by Gasteiger charge is 2.26. The molecule has 4 rings (SSSR count). The summed E-state index contributed by atoms with van der Waals surface area (Å²) >= 11 is 0. The van der Waals surface area contributed by atoms with Crippen molar-refractivity contribution in [3.8, 4) is 22.6 Å². The Balaban J connectivity index is 1.65. The highest BCUT2D eigenvalue weighted by atomic mass is 19.1. The molecule has 1 aliphatic heterocycles. The molecular formula is C20H20F2O2. The van der Waals surface area contributed by atoms with Crippen LogP contribution in [0.1, 0.15) is 36.8 Å². The van der Waals surface area contributed by atoms with Crippen molar-refractivity contribution in [2.75, 3.05) is 6.61 Å². The number of aryl methyl sites for hydroxylation is 1. The van der Waals surface area contributed by atoms with E-state index in [-0.39, 0.29) is 23.9 Å². The summed E-state index contributed by atoms with van der Waals surface area (Å²) in [6.45, 7) is 2.27. The quantitative estimate of drug-likeness (QED) is 0.750. The lowest BCUT2D eigenvalue weighted by atomic mass is 9.95. The van der Waals surface area contributed by atoms with Gasteiger partial charge in [0, 0.05) is 11.1 Å². The van der Waals surface area contributed by atoms with Gasteiger partial charge in [-0.3, -0.25) is 0 Å². The molecule has 2 nitrogen and oxygen atoms in total. The first-order valence-corrected chi connectivity index (χ1v) is 8.51. The predicted molar refractivity (Wildman–Crippen MR) is 88.3 cm³/mol. The maximum atomic E-state index is 14.8. The number of benzene rings is 2. The summed E-state index contributed by atoms with van der Waals surface area (Å²) in [5, 5.41) is 0. The molecule has 0 unspecified atom stereocenters. The van der Waals surface area contributed by atoms with Gasteiger partial charge in [-0.15, -0.1) is 0 Å². The molecule has 1 fully saturated rings. The fraction of sp³-hybridized carbons (Fsp3) is 0.400. The van der Waals surface area contributed by atoms with E-state index in [4.69, 9.17) is 9.47 Å². The van der Waals surface area contributed by atoms with Crippen molar-refractivity contribution in [2.45, 2.75) is 39.2 Å². The molecule has 1 saturated carbocycles. The van der Waals surface area contributed by atoms with Crippen molar-refractivity contribution in [2.24, 2.45) is 5.92 Å².